The van der Waals surface area contributed by atoms with Gasteiger partial charge in [0, 0.05) is 30.4 Å². The minimum atomic E-state index is -0.340. The lowest BCUT2D eigenvalue weighted by Gasteiger charge is -2.39. The molecule has 1 unspecified atom stereocenters. The number of carbonyl (C=O) groups is 2. The quantitative estimate of drug-likeness (QED) is 0.618. The van der Waals surface area contributed by atoms with Crippen LogP contribution in [-0.4, -0.2) is 72.3 Å². The van der Waals surface area contributed by atoms with E-state index < -0.39 is 0 Å². The van der Waals surface area contributed by atoms with Crippen molar-refractivity contribution >= 4 is 35.0 Å². The number of carbonyl (C=O) groups excluding carboxylic acids is 2. The zero-order chi connectivity index (χ0) is 21.8. The van der Waals surface area contributed by atoms with Gasteiger partial charge in [-0.3, -0.25) is 14.9 Å². The second kappa shape index (κ2) is 11.3. The Balaban J connectivity index is 0.00000289. The number of aromatic nitrogens is 1. The highest BCUT2D eigenvalue weighted by Crippen LogP contribution is 2.32. The van der Waals surface area contributed by atoms with E-state index >= 15 is 0 Å². The van der Waals surface area contributed by atoms with Crippen molar-refractivity contribution in [2.75, 3.05) is 39.8 Å². The van der Waals surface area contributed by atoms with Crippen LogP contribution in [0.4, 0.5) is 0 Å². The van der Waals surface area contributed by atoms with Gasteiger partial charge in [-0.2, -0.15) is 0 Å². The SMILES string of the molecule is CCC(NCC(=O)N1CCC(C2CCN(C)CC2)CC1)C(=O)c1ccc2cc[nH]c2c1.Cl. The lowest BCUT2D eigenvalue weighted by atomic mass is 9.79. The summed E-state index contributed by atoms with van der Waals surface area (Å²) in [6.07, 6.45) is 7.37. The molecular weight excluding hydrogens is 424 g/mol. The molecule has 2 aliphatic heterocycles. The number of Topliss-reactive ketones (excluding diaryl/α,β-unsaturated/α-hetero) is 1. The molecule has 0 bridgehead atoms. The van der Waals surface area contributed by atoms with E-state index in [-0.39, 0.29) is 36.7 Å². The minimum Gasteiger partial charge on any atom is -0.361 e. The lowest BCUT2D eigenvalue weighted by molar-refractivity contribution is -0.132. The van der Waals surface area contributed by atoms with E-state index in [9.17, 15) is 9.59 Å². The van der Waals surface area contributed by atoms with Crippen molar-refractivity contribution in [2.24, 2.45) is 11.8 Å². The fourth-order valence-electron chi connectivity index (χ4n) is 5.27. The number of likely N-dealkylation sites (tertiary alicyclic amines) is 2. The van der Waals surface area contributed by atoms with Crippen molar-refractivity contribution in [2.45, 2.75) is 45.1 Å². The van der Waals surface area contributed by atoms with Gasteiger partial charge in [-0.05, 0) is 81.6 Å². The minimum absolute atomic E-state index is 0. The molecule has 0 saturated carbocycles. The standard InChI is InChI=1S/C25H36N4O2.ClH/c1-3-22(25(31)21-5-4-20-6-11-26-23(20)16-21)27-17-24(30)29-14-9-19(10-15-29)18-7-12-28(2)13-8-18;/h4-6,11,16,18-19,22,26-27H,3,7-10,12-15,17H2,1-2H3;1H. The molecule has 4 rings (SSSR count). The number of amides is 1. The van der Waals surface area contributed by atoms with E-state index in [1.165, 1.54) is 25.9 Å². The molecular formula is C25H37ClN4O2. The van der Waals surface area contributed by atoms with Crippen LogP contribution in [0.2, 0.25) is 0 Å². The van der Waals surface area contributed by atoms with Gasteiger partial charge in [0.05, 0.1) is 12.6 Å². The van der Waals surface area contributed by atoms with Gasteiger partial charge < -0.3 is 14.8 Å². The topological polar surface area (TPSA) is 68.4 Å². The average Bonchev–Trinajstić information content (AvgIpc) is 3.28. The summed E-state index contributed by atoms with van der Waals surface area (Å²) in [5.41, 5.74) is 1.64. The molecule has 2 aromatic rings. The van der Waals surface area contributed by atoms with Crippen molar-refractivity contribution in [3.63, 3.8) is 0 Å². The first kappa shape index (κ1) is 24.7. The molecule has 0 spiro atoms. The van der Waals surface area contributed by atoms with Gasteiger partial charge in [0.15, 0.2) is 5.78 Å². The van der Waals surface area contributed by atoms with Crippen molar-refractivity contribution < 1.29 is 9.59 Å². The average molecular weight is 461 g/mol. The first-order valence-corrected chi connectivity index (χ1v) is 11.9. The Hall–Kier alpha value is -1.89. The highest BCUT2D eigenvalue weighted by Gasteiger charge is 2.30. The molecule has 2 aliphatic rings. The maximum absolute atomic E-state index is 13.0. The van der Waals surface area contributed by atoms with E-state index in [1.807, 2.05) is 42.3 Å². The van der Waals surface area contributed by atoms with Crippen LogP contribution in [0.5, 0.6) is 0 Å². The van der Waals surface area contributed by atoms with E-state index in [0.717, 1.165) is 48.7 Å². The molecule has 2 N–H and O–H groups in total. The van der Waals surface area contributed by atoms with Gasteiger partial charge in [-0.15, -0.1) is 12.4 Å². The number of rotatable bonds is 7. The predicted octanol–water partition coefficient (Wildman–Crippen LogP) is 3.72. The summed E-state index contributed by atoms with van der Waals surface area (Å²) in [6, 6.07) is 7.39. The maximum atomic E-state index is 13.0. The van der Waals surface area contributed by atoms with E-state index in [2.05, 4.69) is 22.2 Å². The molecule has 2 fully saturated rings. The van der Waals surface area contributed by atoms with Crippen LogP contribution in [0.3, 0.4) is 0 Å². The van der Waals surface area contributed by atoms with Crippen LogP contribution in [0.1, 0.15) is 49.4 Å². The third-order valence-electron chi connectivity index (χ3n) is 7.39. The lowest BCUT2D eigenvalue weighted by Crippen LogP contribution is -2.47. The zero-order valence-electron chi connectivity index (χ0n) is 19.3. The van der Waals surface area contributed by atoms with Gasteiger partial charge in [0.25, 0.3) is 0 Å². The van der Waals surface area contributed by atoms with Crippen molar-refractivity contribution in [3.8, 4) is 0 Å². The number of hydrogen-bond donors (Lipinski definition) is 2. The first-order valence-electron chi connectivity index (χ1n) is 11.9. The number of nitrogens with one attached hydrogen (secondary N) is 2. The first-order chi connectivity index (χ1) is 15.0. The second-order valence-electron chi connectivity index (χ2n) is 9.34. The van der Waals surface area contributed by atoms with Crippen molar-refractivity contribution in [1.82, 2.24) is 20.1 Å². The Morgan fingerprint density at radius 2 is 1.72 bits per heavy atom. The molecule has 0 radical (unpaired) electrons. The molecule has 176 valence electrons. The van der Waals surface area contributed by atoms with Crippen molar-refractivity contribution in [3.05, 3.63) is 36.0 Å². The normalized spacial score (nSPS) is 19.6. The Morgan fingerprint density at radius 3 is 2.38 bits per heavy atom. The number of halogens is 1. The van der Waals surface area contributed by atoms with Crippen LogP contribution in [0.15, 0.2) is 30.5 Å². The van der Waals surface area contributed by atoms with Crippen LogP contribution in [0.25, 0.3) is 10.9 Å². The molecule has 32 heavy (non-hydrogen) atoms. The monoisotopic (exact) mass is 460 g/mol. The van der Waals surface area contributed by atoms with E-state index in [4.69, 9.17) is 0 Å². The molecule has 1 aromatic carbocycles. The van der Waals surface area contributed by atoms with Gasteiger partial charge in [0.2, 0.25) is 5.91 Å². The molecule has 1 aromatic heterocycles. The van der Waals surface area contributed by atoms with Crippen LogP contribution < -0.4 is 5.32 Å². The highest BCUT2D eigenvalue weighted by atomic mass is 35.5. The third-order valence-corrected chi connectivity index (χ3v) is 7.39. The molecule has 3 heterocycles. The summed E-state index contributed by atoms with van der Waals surface area (Å²) in [5, 5.41) is 4.32. The summed E-state index contributed by atoms with van der Waals surface area (Å²) >= 11 is 0. The number of H-pyrrole nitrogens is 1. The predicted molar refractivity (Wildman–Crippen MR) is 131 cm³/mol. The Labute approximate surface area is 197 Å². The number of nitrogens with zero attached hydrogens (tertiary/aromatic N) is 2. The summed E-state index contributed by atoms with van der Waals surface area (Å²) in [7, 11) is 2.21. The summed E-state index contributed by atoms with van der Waals surface area (Å²) in [4.78, 5) is 33.3. The Bertz CT molecular complexity index is 898. The molecule has 2 saturated heterocycles. The molecule has 6 nitrogen and oxygen atoms in total. The van der Waals surface area contributed by atoms with Crippen molar-refractivity contribution in [1.29, 1.82) is 0 Å². The molecule has 1 atom stereocenters. The smallest absolute Gasteiger partial charge is 0.236 e. The van der Waals surface area contributed by atoms with Gasteiger partial charge in [-0.25, -0.2) is 0 Å². The fourth-order valence-corrected chi connectivity index (χ4v) is 5.27. The number of aromatic amines is 1. The number of ketones is 1. The van der Waals surface area contributed by atoms with Crippen LogP contribution in [-0.2, 0) is 4.79 Å². The number of piperidine rings is 2. The molecule has 1 amide bonds. The van der Waals surface area contributed by atoms with Crippen LogP contribution in [0, 0.1) is 11.8 Å². The Kier molecular flexibility index (Phi) is 8.74. The Morgan fingerprint density at radius 1 is 1.06 bits per heavy atom. The zero-order valence-corrected chi connectivity index (χ0v) is 20.1. The van der Waals surface area contributed by atoms with E-state index in [1.54, 1.807) is 0 Å². The number of fused-ring (bicyclic) bond motifs is 1. The largest absolute Gasteiger partial charge is 0.361 e. The van der Waals surface area contributed by atoms with Gasteiger partial charge in [0.1, 0.15) is 0 Å². The summed E-state index contributed by atoms with van der Waals surface area (Å²) in [6.45, 7) is 6.33. The second-order valence-corrected chi connectivity index (χ2v) is 9.34. The van der Waals surface area contributed by atoms with E-state index in [0.29, 0.717) is 12.0 Å². The fraction of sp³-hybridized carbons (Fsp3) is 0.600. The summed E-state index contributed by atoms with van der Waals surface area (Å²) in [5.74, 6) is 1.75. The van der Waals surface area contributed by atoms with Crippen LogP contribution >= 0.6 is 12.4 Å². The summed E-state index contributed by atoms with van der Waals surface area (Å²) < 4.78 is 0. The molecule has 0 aliphatic carbocycles. The maximum Gasteiger partial charge on any atom is 0.236 e. The third kappa shape index (κ3) is 5.72. The molecule has 7 heteroatoms. The highest BCUT2D eigenvalue weighted by molar-refractivity contribution is 6.02. The number of benzene rings is 1. The number of hydrogen-bond acceptors (Lipinski definition) is 4. The van der Waals surface area contributed by atoms with Gasteiger partial charge >= 0.3 is 0 Å². The van der Waals surface area contributed by atoms with Gasteiger partial charge in [-0.1, -0.05) is 19.1 Å².